The van der Waals surface area contributed by atoms with E-state index in [4.69, 9.17) is 0 Å². The van der Waals surface area contributed by atoms with Gasteiger partial charge in [-0.15, -0.1) is 0 Å². The lowest BCUT2D eigenvalue weighted by Gasteiger charge is -2.12. The molecular formula is C9H9F2N3O2S2. The quantitative estimate of drug-likeness (QED) is 0.781. The normalized spacial score (nSPS) is 14.1. The minimum atomic E-state index is -3.22. The van der Waals surface area contributed by atoms with Gasteiger partial charge >= 0.3 is 10.3 Å². The predicted octanol–water partition coefficient (Wildman–Crippen LogP) is 1.24. The third-order valence-electron chi connectivity index (χ3n) is 2.26. The number of halogens is 2. The second-order valence-electron chi connectivity index (χ2n) is 3.78. The van der Waals surface area contributed by atoms with Crippen LogP contribution in [0.15, 0.2) is 9.13 Å². The highest BCUT2D eigenvalue weighted by Crippen LogP contribution is 2.27. The van der Waals surface area contributed by atoms with Crippen LogP contribution in [0.5, 0.6) is 0 Å². The van der Waals surface area contributed by atoms with Crippen molar-refractivity contribution in [1.29, 1.82) is 0 Å². The van der Waals surface area contributed by atoms with Gasteiger partial charge in [0.1, 0.15) is 6.26 Å². The third-order valence-corrected chi connectivity index (χ3v) is 4.54. The number of thiazole rings is 1. The Kier molecular flexibility index (Phi) is 3.16. The van der Waals surface area contributed by atoms with Crippen LogP contribution in [0.1, 0.15) is 12.7 Å². The SMILES string of the molecule is Cn1c(C(C)(F)F)nc2sc([S+](C)[O-])nc2c1=O. The van der Waals surface area contributed by atoms with Gasteiger partial charge < -0.3 is 4.55 Å². The highest BCUT2D eigenvalue weighted by molar-refractivity contribution is 7.92. The standard InChI is InChI=1S/C9H9F2N3O2S2/c1-9(10,11)7-13-5-4(6(15)14(7)2)12-8(17-5)18(3)16/h1-3H3. The molecule has 0 fully saturated rings. The van der Waals surface area contributed by atoms with Crippen molar-refractivity contribution in [3.05, 3.63) is 16.2 Å². The molecule has 1 unspecified atom stereocenters. The summed E-state index contributed by atoms with van der Waals surface area (Å²) in [6, 6.07) is 0. The van der Waals surface area contributed by atoms with Gasteiger partial charge in [-0.25, -0.2) is 4.98 Å². The summed E-state index contributed by atoms with van der Waals surface area (Å²) in [6.07, 6.45) is 1.40. The van der Waals surface area contributed by atoms with Gasteiger partial charge in [-0.05, 0) is 11.3 Å². The van der Waals surface area contributed by atoms with Crippen LogP contribution in [-0.2, 0) is 24.1 Å². The molecule has 1 atom stereocenters. The van der Waals surface area contributed by atoms with Crippen molar-refractivity contribution in [1.82, 2.24) is 14.5 Å². The van der Waals surface area contributed by atoms with Crippen LogP contribution in [-0.4, -0.2) is 25.3 Å². The molecule has 9 heteroatoms. The number of nitrogens with zero attached hydrogens (tertiary/aromatic N) is 3. The molecule has 0 saturated heterocycles. The number of aromatic nitrogens is 3. The van der Waals surface area contributed by atoms with Crippen molar-refractivity contribution in [2.75, 3.05) is 6.26 Å². The first-order valence-corrected chi connectivity index (χ1v) is 7.18. The fourth-order valence-corrected chi connectivity index (χ4v) is 3.04. The summed E-state index contributed by atoms with van der Waals surface area (Å²) >= 11 is -0.483. The van der Waals surface area contributed by atoms with E-state index in [1.54, 1.807) is 0 Å². The number of fused-ring (bicyclic) bond motifs is 1. The van der Waals surface area contributed by atoms with E-state index in [0.717, 1.165) is 15.9 Å². The molecule has 0 aliphatic heterocycles. The monoisotopic (exact) mass is 293 g/mol. The van der Waals surface area contributed by atoms with Crippen molar-refractivity contribution in [3.63, 3.8) is 0 Å². The first-order chi connectivity index (χ1) is 8.21. The molecule has 98 valence electrons. The Morgan fingerprint density at radius 1 is 1.44 bits per heavy atom. The predicted molar refractivity (Wildman–Crippen MR) is 64.6 cm³/mol. The van der Waals surface area contributed by atoms with E-state index in [1.165, 1.54) is 13.3 Å². The van der Waals surface area contributed by atoms with Gasteiger partial charge in [-0.1, -0.05) is 0 Å². The van der Waals surface area contributed by atoms with Crippen molar-refractivity contribution in [3.8, 4) is 0 Å². The minimum absolute atomic E-state index is 0.0271. The van der Waals surface area contributed by atoms with Gasteiger partial charge in [0.05, 0.1) is 0 Å². The molecule has 2 heterocycles. The molecule has 0 aliphatic carbocycles. The first kappa shape index (κ1) is 13.4. The van der Waals surface area contributed by atoms with E-state index in [0.29, 0.717) is 6.92 Å². The maximum atomic E-state index is 13.3. The molecule has 0 amide bonds. The van der Waals surface area contributed by atoms with Crippen molar-refractivity contribution in [2.45, 2.75) is 17.2 Å². The average Bonchev–Trinajstić information content (AvgIpc) is 2.65. The third kappa shape index (κ3) is 2.13. The van der Waals surface area contributed by atoms with Crippen molar-refractivity contribution < 1.29 is 13.3 Å². The lowest BCUT2D eigenvalue weighted by Crippen LogP contribution is -2.28. The van der Waals surface area contributed by atoms with Crippen LogP contribution in [0.3, 0.4) is 0 Å². The molecule has 0 aliphatic rings. The molecule has 0 spiro atoms. The second kappa shape index (κ2) is 4.25. The lowest BCUT2D eigenvalue weighted by molar-refractivity contribution is 0.00394. The zero-order valence-corrected chi connectivity index (χ0v) is 11.4. The van der Waals surface area contributed by atoms with E-state index in [9.17, 15) is 18.1 Å². The highest BCUT2D eigenvalue weighted by atomic mass is 32.2. The van der Waals surface area contributed by atoms with E-state index in [-0.39, 0.29) is 14.7 Å². The molecule has 0 aromatic carbocycles. The summed E-state index contributed by atoms with van der Waals surface area (Å²) in [5.74, 6) is -3.85. The van der Waals surface area contributed by atoms with E-state index in [2.05, 4.69) is 9.97 Å². The molecule has 0 bridgehead atoms. The summed E-state index contributed by atoms with van der Waals surface area (Å²) in [4.78, 5) is 19.6. The molecule has 18 heavy (non-hydrogen) atoms. The minimum Gasteiger partial charge on any atom is -0.610 e. The summed E-state index contributed by atoms with van der Waals surface area (Å²) < 4.78 is 38.8. The van der Waals surface area contributed by atoms with Crippen LogP contribution in [0, 0.1) is 0 Å². The Labute approximate surface area is 108 Å². The molecule has 5 nitrogen and oxygen atoms in total. The summed E-state index contributed by atoms with van der Waals surface area (Å²) in [5.41, 5.74) is -0.690. The number of alkyl halides is 2. The Bertz CT molecular complexity index is 660. The molecule has 2 aromatic heterocycles. The van der Waals surface area contributed by atoms with E-state index in [1.807, 2.05) is 0 Å². The van der Waals surface area contributed by atoms with Crippen molar-refractivity contribution >= 4 is 32.9 Å². The van der Waals surface area contributed by atoms with E-state index < -0.39 is 28.5 Å². The summed E-state index contributed by atoms with van der Waals surface area (Å²) in [6.45, 7) is 0.667. The topological polar surface area (TPSA) is 70.8 Å². The highest BCUT2D eigenvalue weighted by Gasteiger charge is 2.31. The first-order valence-electron chi connectivity index (χ1n) is 4.81. The summed E-state index contributed by atoms with van der Waals surface area (Å²) in [7, 11) is 1.21. The molecule has 0 N–H and O–H groups in total. The zero-order chi connectivity index (χ0) is 13.7. The Morgan fingerprint density at radius 3 is 2.56 bits per heavy atom. The van der Waals surface area contributed by atoms with Crippen LogP contribution in [0.2, 0.25) is 0 Å². The second-order valence-corrected chi connectivity index (χ2v) is 6.31. The Balaban J connectivity index is 2.80. The van der Waals surface area contributed by atoms with Gasteiger partial charge in [0.2, 0.25) is 0 Å². The van der Waals surface area contributed by atoms with Gasteiger partial charge in [-0.2, -0.15) is 13.8 Å². The fourth-order valence-electron chi connectivity index (χ4n) is 1.45. The Hall–Kier alpha value is -1.06. The van der Waals surface area contributed by atoms with Crippen LogP contribution >= 0.6 is 11.3 Å². The molecule has 0 saturated carbocycles. The average molecular weight is 293 g/mol. The van der Waals surface area contributed by atoms with E-state index >= 15 is 0 Å². The van der Waals surface area contributed by atoms with Gasteiger partial charge in [-0.3, -0.25) is 9.36 Å². The number of hydrogen-bond donors (Lipinski definition) is 0. The largest absolute Gasteiger partial charge is 0.610 e. The molecular weight excluding hydrogens is 284 g/mol. The maximum absolute atomic E-state index is 13.3. The maximum Gasteiger partial charge on any atom is 0.304 e. The van der Waals surface area contributed by atoms with Gasteiger partial charge in [0.25, 0.3) is 5.56 Å². The van der Waals surface area contributed by atoms with Crippen molar-refractivity contribution in [2.24, 2.45) is 7.05 Å². The van der Waals surface area contributed by atoms with Crippen LogP contribution < -0.4 is 5.56 Å². The summed E-state index contributed by atoms with van der Waals surface area (Å²) in [5, 5.41) is 0. The fraction of sp³-hybridized carbons (Fsp3) is 0.444. The van der Waals surface area contributed by atoms with Gasteiger partial charge in [0.15, 0.2) is 16.2 Å². The van der Waals surface area contributed by atoms with Crippen LogP contribution in [0.4, 0.5) is 8.78 Å². The zero-order valence-electron chi connectivity index (χ0n) is 9.73. The smallest absolute Gasteiger partial charge is 0.304 e. The molecule has 0 radical (unpaired) electrons. The number of hydrogen-bond acceptors (Lipinski definition) is 5. The Morgan fingerprint density at radius 2 is 2.06 bits per heavy atom. The van der Waals surface area contributed by atoms with Crippen LogP contribution in [0.25, 0.3) is 10.3 Å². The number of rotatable bonds is 2. The molecule has 2 rings (SSSR count). The lowest BCUT2D eigenvalue weighted by atomic mass is 10.3. The van der Waals surface area contributed by atoms with Gasteiger partial charge in [0, 0.05) is 25.1 Å². The molecule has 2 aromatic rings.